The number of hydrogen-bond acceptors (Lipinski definition) is 6. The van der Waals surface area contributed by atoms with Gasteiger partial charge in [-0.25, -0.2) is 14.6 Å². The van der Waals surface area contributed by atoms with Gasteiger partial charge in [0.25, 0.3) is 5.91 Å². The van der Waals surface area contributed by atoms with E-state index in [4.69, 9.17) is 16.3 Å². The summed E-state index contributed by atoms with van der Waals surface area (Å²) in [5.74, 6) is -1.08. The molecule has 0 spiro atoms. The number of esters is 1. The first-order valence-corrected chi connectivity index (χ1v) is 11.3. The van der Waals surface area contributed by atoms with Gasteiger partial charge < -0.3 is 20.7 Å². The van der Waals surface area contributed by atoms with Crippen LogP contribution in [0.5, 0.6) is 0 Å². The zero-order valence-corrected chi connectivity index (χ0v) is 19.8. The second-order valence-corrected chi connectivity index (χ2v) is 8.66. The van der Waals surface area contributed by atoms with Crippen LogP contribution in [0.15, 0.2) is 53.9 Å². The lowest BCUT2D eigenvalue weighted by atomic mass is 10.0. The lowest BCUT2D eigenvalue weighted by Gasteiger charge is -2.19. The summed E-state index contributed by atoms with van der Waals surface area (Å²) < 4.78 is 4.75. The van der Waals surface area contributed by atoms with Crippen molar-refractivity contribution in [3.8, 4) is 10.6 Å². The highest BCUT2D eigenvalue weighted by Gasteiger charge is 2.26. The number of amides is 3. The Bertz CT molecular complexity index is 1150. The molecular weight excluding hydrogens is 464 g/mol. The Morgan fingerprint density at radius 3 is 2.36 bits per heavy atom. The number of methoxy groups -OCH3 is 1. The van der Waals surface area contributed by atoms with Crippen molar-refractivity contribution in [2.75, 3.05) is 17.7 Å². The van der Waals surface area contributed by atoms with E-state index in [2.05, 4.69) is 20.9 Å². The third-order valence-electron chi connectivity index (χ3n) is 4.66. The van der Waals surface area contributed by atoms with Crippen LogP contribution in [0, 0.1) is 5.92 Å². The normalized spacial score (nSPS) is 11.5. The standard InChI is InChI=1S/C23H23ClN4O4S/c1-13(2)19(22(30)32-3)28-20(29)18-12-33-21(26-18)14-8-10-15(11-9-14)25-23(31)27-17-7-5-4-6-16(17)24/h4-13,19H,1-3H3,(H,28,29)(H2,25,27,31)/t19-/m0/s1. The zero-order valence-electron chi connectivity index (χ0n) is 18.2. The van der Waals surface area contributed by atoms with E-state index in [-0.39, 0.29) is 11.6 Å². The second kappa shape index (κ2) is 10.9. The van der Waals surface area contributed by atoms with Crippen LogP contribution < -0.4 is 16.0 Å². The zero-order chi connectivity index (χ0) is 24.0. The van der Waals surface area contributed by atoms with Crippen molar-refractivity contribution in [2.24, 2.45) is 5.92 Å². The summed E-state index contributed by atoms with van der Waals surface area (Å²) in [6.07, 6.45) is 0. The largest absolute Gasteiger partial charge is 0.467 e. The van der Waals surface area contributed by atoms with E-state index in [1.54, 1.807) is 53.9 Å². The molecule has 1 atom stereocenters. The molecule has 0 aliphatic heterocycles. The molecule has 8 nitrogen and oxygen atoms in total. The third-order valence-corrected chi connectivity index (χ3v) is 5.88. The summed E-state index contributed by atoms with van der Waals surface area (Å²) in [7, 11) is 1.28. The number of ether oxygens (including phenoxy) is 1. The van der Waals surface area contributed by atoms with Crippen molar-refractivity contribution in [1.29, 1.82) is 0 Å². The van der Waals surface area contributed by atoms with E-state index < -0.39 is 23.9 Å². The second-order valence-electron chi connectivity index (χ2n) is 7.39. The number of anilines is 2. The van der Waals surface area contributed by atoms with Gasteiger partial charge in [-0.3, -0.25) is 4.79 Å². The first-order valence-electron chi connectivity index (χ1n) is 10.1. The average Bonchev–Trinajstić information content (AvgIpc) is 3.29. The van der Waals surface area contributed by atoms with Crippen molar-refractivity contribution >= 4 is 52.2 Å². The Labute approximate surface area is 200 Å². The Morgan fingerprint density at radius 1 is 1.03 bits per heavy atom. The van der Waals surface area contributed by atoms with E-state index in [0.717, 1.165) is 5.56 Å². The molecule has 3 N–H and O–H groups in total. The Morgan fingerprint density at radius 2 is 1.73 bits per heavy atom. The number of carbonyl (C=O) groups excluding carboxylic acids is 3. The number of hydrogen-bond donors (Lipinski definition) is 3. The number of halogens is 1. The average molecular weight is 487 g/mol. The molecule has 1 aromatic heterocycles. The van der Waals surface area contributed by atoms with Gasteiger partial charge in [0.05, 0.1) is 17.8 Å². The van der Waals surface area contributed by atoms with Gasteiger partial charge in [0.2, 0.25) is 0 Å². The van der Waals surface area contributed by atoms with E-state index in [0.29, 0.717) is 21.4 Å². The van der Waals surface area contributed by atoms with Crippen LogP contribution in [0.4, 0.5) is 16.2 Å². The molecule has 0 saturated carbocycles. The number of rotatable bonds is 7. The summed E-state index contributed by atoms with van der Waals surface area (Å²) in [6.45, 7) is 3.64. The molecule has 0 radical (unpaired) electrons. The molecule has 172 valence electrons. The van der Waals surface area contributed by atoms with Crippen LogP contribution in [0.1, 0.15) is 24.3 Å². The first kappa shape index (κ1) is 24.2. The fourth-order valence-electron chi connectivity index (χ4n) is 2.89. The fourth-order valence-corrected chi connectivity index (χ4v) is 3.88. The Hall–Kier alpha value is -3.43. The number of nitrogens with zero attached hydrogens (tertiary/aromatic N) is 1. The Balaban J connectivity index is 1.63. The molecule has 3 aromatic rings. The van der Waals surface area contributed by atoms with Crippen molar-refractivity contribution in [2.45, 2.75) is 19.9 Å². The molecule has 0 bridgehead atoms. The smallest absolute Gasteiger partial charge is 0.328 e. The number of urea groups is 1. The van der Waals surface area contributed by atoms with Gasteiger partial charge >= 0.3 is 12.0 Å². The van der Waals surface area contributed by atoms with Crippen LogP contribution in [0.3, 0.4) is 0 Å². The maximum Gasteiger partial charge on any atom is 0.328 e. The summed E-state index contributed by atoms with van der Waals surface area (Å²) in [6, 6.07) is 12.8. The van der Waals surface area contributed by atoms with Crippen molar-refractivity contribution < 1.29 is 19.1 Å². The number of carbonyl (C=O) groups is 3. The predicted octanol–water partition coefficient (Wildman–Crippen LogP) is 5.03. The van der Waals surface area contributed by atoms with E-state index in [1.807, 2.05) is 13.8 Å². The van der Waals surface area contributed by atoms with Crippen molar-refractivity contribution in [3.05, 3.63) is 64.6 Å². The minimum absolute atomic E-state index is 0.130. The highest BCUT2D eigenvalue weighted by Crippen LogP contribution is 2.26. The van der Waals surface area contributed by atoms with Crippen molar-refractivity contribution in [1.82, 2.24) is 10.3 Å². The molecule has 0 saturated heterocycles. The number of nitrogens with one attached hydrogen (secondary N) is 3. The molecule has 0 fully saturated rings. The monoisotopic (exact) mass is 486 g/mol. The first-order chi connectivity index (χ1) is 15.8. The maximum absolute atomic E-state index is 12.5. The predicted molar refractivity (Wildman–Crippen MR) is 130 cm³/mol. The van der Waals surface area contributed by atoms with Gasteiger partial charge in [-0.15, -0.1) is 11.3 Å². The molecule has 33 heavy (non-hydrogen) atoms. The van der Waals surface area contributed by atoms with Crippen molar-refractivity contribution in [3.63, 3.8) is 0 Å². The van der Waals surface area contributed by atoms with Gasteiger partial charge in [-0.1, -0.05) is 37.6 Å². The maximum atomic E-state index is 12.5. The highest BCUT2D eigenvalue weighted by molar-refractivity contribution is 7.13. The van der Waals surface area contributed by atoms with Gasteiger partial charge in [-0.2, -0.15) is 0 Å². The summed E-state index contributed by atoms with van der Waals surface area (Å²) in [4.78, 5) is 41.0. The molecule has 10 heteroatoms. The third kappa shape index (κ3) is 6.30. The summed E-state index contributed by atoms with van der Waals surface area (Å²) >= 11 is 7.35. The van der Waals surface area contributed by atoms with Crippen LogP contribution in [0.25, 0.3) is 10.6 Å². The van der Waals surface area contributed by atoms with Gasteiger partial charge in [0.15, 0.2) is 0 Å². The summed E-state index contributed by atoms with van der Waals surface area (Å²) in [5, 5.41) is 10.8. The quantitative estimate of drug-likeness (QED) is 0.405. The van der Waals surface area contributed by atoms with Crippen LogP contribution in [-0.2, 0) is 9.53 Å². The number of aromatic nitrogens is 1. The molecule has 0 aliphatic carbocycles. The molecule has 3 amide bonds. The molecule has 3 rings (SSSR count). The van der Waals surface area contributed by atoms with E-state index in [1.165, 1.54) is 18.4 Å². The van der Waals surface area contributed by atoms with Crippen LogP contribution in [0.2, 0.25) is 5.02 Å². The van der Waals surface area contributed by atoms with Gasteiger partial charge in [-0.05, 0) is 42.3 Å². The lowest BCUT2D eigenvalue weighted by Crippen LogP contribution is -2.45. The number of para-hydroxylation sites is 1. The van der Waals surface area contributed by atoms with Crippen LogP contribution in [-0.4, -0.2) is 36.0 Å². The van der Waals surface area contributed by atoms with Gasteiger partial charge in [0, 0.05) is 16.6 Å². The fraction of sp³-hybridized carbons (Fsp3) is 0.217. The molecule has 1 heterocycles. The van der Waals surface area contributed by atoms with E-state index >= 15 is 0 Å². The minimum atomic E-state index is -0.755. The Kier molecular flexibility index (Phi) is 8.02. The topological polar surface area (TPSA) is 109 Å². The van der Waals surface area contributed by atoms with Gasteiger partial charge in [0.1, 0.15) is 16.7 Å². The molecular formula is C23H23ClN4O4S. The SMILES string of the molecule is COC(=O)[C@@H](NC(=O)c1csc(-c2ccc(NC(=O)Nc3ccccc3Cl)cc2)n1)C(C)C. The number of thiazole rings is 1. The number of benzene rings is 2. The molecule has 2 aromatic carbocycles. The van der Waals surface area contributed by atoms with E-state index in [9.17, 15) is 14.4 Å². The highest BCUT2D eigenvalue weighted by atomic mass is 35.5. The molecule has 0 aliphatic rings. The minimum Gasteiger partial charge on any atom is -0.467 e. The van der Waals surface area contributed by atoms with Crippen LogP contribution >= 0.6 is 22.9 Å². The summed E-state index contributed by atoms with van der Waals surface area (Å²) in [5.41, 5.74) is 2.08. The molecule has 0 unspecified atom stereocenters. The lowest BCUT2D eigenvalue weighted by molar-refractivity contribution is -0.144.